The standard InChI is InChI=1S/C23H14ClF4N5O2/c24-17-8-7-14(10-16(17)20(34)31-15-2-1-9-29-11-15)30-21(35)19-18(12-3-5-13(25)6-4-12)32-22(33-19)23(26,27)28/h1-11H,(H,30,35)(H,31,34)(H,32,33). The summed E-state index contributed by atoms with van der Waals surface area (Å²) in [5, 5.41) is 5.09. The number of hydrogen-bond acceptors (Lipinski definition) is 4. The Kier molecular flexibility index (Phi) is 6.52. The van der Waals surface area contributed by atoms with E-state index in [9.17, 15) is 27.2 Å². The Hall–Kier alpha value is -4.25. The summed E-state index contributed by atoms with van der Waals surface area (Å²) in [4.78, 5) is 34.9. The van der Waals surface area contributed by atoms with Crippen LogP contribution in [0.5, 0.6) is 0 Å². The molecule has 3 N–H and O–H groups in total. The normalized spacial score (nSPS) is 11.2. The highest BCUT2D eigenvalue weighted by molar-refractivity contribution is 6.34. The largest absolute Gasteiger partial charge is 0.449 e. The molecule has 0 radical (unpaired) electrons. The van der Waals surface area contributed by atoms with Crippen LogP contribution in [-0.4, -0.2) is 26.8 Å². The summed E-state index contributed by atoms with van der Waals surface area (Å²) in [6.45, 7) is 0. The van der Waals surface area contributed by atoms with Gasteiger partial charge in [0.1, 0.15) is 5.82 Å². The molecule has 2 aromatic heterocycles. The third-order valence-corrected chi connectivity index (χ3v) is 5.04. The summed E-state index contributed by atoms with van der Waals surface area (Å²) in [6.07, 6.45) is -1.91. The van der Waals surface area contributed by atoms with Gasteiger partial charge in [-0.3, -0.25) is 14.6 Å². The number of imidazole rings is 1. The van der Waals surface area contributed by atoms with Crippen LogP contribution >= 0.6 is 11.6 Å². The van der Waals surface area contributed by atoms with E-state index in [2.05, 4.69) is 25.6 Å². The van der Waals surface area contributed by atoms with Crippen LogP contribution in [0.25, 0.3) is 11.3 Å². The number of anilines is 2. The Bertz CT molecular complexity index is 1390. The second kappa shape index (κ2) is 9.55. The Morgan fingerprint density at radius 1 is 0.943 bits per heavy atom. The molecule has 0 saturated carbocycles. The molecule has 0 saturated heterocycles. The highest BCUT2D eigenvalue weighted by Gasteiger charge is 2.37. The molecule has 0 aliphatic heterocycles. The number of hydrogen-bond donors (Lipinski definition) is 3. The van der Waals surface area contributed by atoms with Crippen LogP contribution in [0.15, 0.2) is 67.0 Å². The molecule has 2 amide bonds. The van der Waals surface area contributed by atoms with Gasteiger partial charge in [-0.15, -0.1) is 0 Å². The van der Waals surface area contributed by atoms with E-state index in [-0.39, 0.29) is 27.5 Å². The SMILES string of the molecule is O=C(Nc1cccnc1)c1cc(NC(=O)c2nc(C(F)(F)F)[nH]c2-c2ccc(F)cc2)ccc1Cl. The number of amides is 2. The predicted octanol–water partition coefficient (Wildman–Crippen LogP) is 5.79. The second-order valence-electron chi connectivity index (χ2n) is 7.16. The fraction of sp³-hybridized carbons (Fsp3) is 0.0435. The van der Waals surface area contributed by atoms with Crippen molar-refractivity contribution in [3.05, 3.63) is 94.9 Å². The summed E-state index contributed by atoms with van der Waals surface area (Å²) in [5.74, 6) is -3.58. The first kappa shape index (κ1) is 23.9. The molecule has 0 spiro atoms. The molecular formula is C23H14ClF4N5O2. The van der Waals surface area contributed by atoms with Crippen molar-refractivity contribution in [3.63, 3.8) is 0 Å². The van der Waals surface area contributed by atoms with Crippen molar-refractivity contribution < 1.29 is 27.2 Å². The van der Waals surface area contributed by atoms with Crippen molar-refractivity contribution in [3.8, 4) is 11.3 Å². The van der Waals surface area contributed by atoms with E-state index in [4.69, 9.17) is 11.6 Å². The summed E-state index contributed by atoms with van der Waals surface area (Å²) in [6, 6.07) is 11.7. The van der Waals surface area contributed by atoms with Crippen molar-refractivity contribution in [2.45, 2.75) is 6.18 Å². The first-order chi connectivity index (χ1) is 16.6. The van der Waals surface area contributed by atoms with Gasteiger partial charge in [0.05, 0.1) is 28.2 Å². The Labute approximate surface area is 200 Å². The molecule has 178 valence electrons. The molecule has 0 aliphatic carbocycles. The number of carbonyl (C=O) groups is 2. The van der Waals surface area contributed by atoms with Crippen LogP contribution in [0.2, 0.25) is 5.02 Å². The summed E-state index contributed by atoms with van der Waals surface area (Å²) >= 11 is 6.12. The molecule has 0 atom stereocenters. The average Bonchev–Trinajstić information content (AvgIpc) is 3.28. The zero-order valence-corrected chi connectivity index (χ0v) is 18.2. The van der Waals surface area contributed by atoms with Gasteiger partial charge in [0.15, 0.2) is 5.69 Å². The highest BCUT2D eigenvalue weighted by atomic mass is 35.5. The molecule has 0 unspecified atom stereocenters. The summed E-state index contributed by atoms with van der Waals surface area (Å²) in [5.41, 5.74) is -0.212. The van der Waals surface area contributed by atoms with Gasteiger partial charge in [0.2, 0.25) is 5.82 Å². The average molecular weight is 504 g/mol. The molecule has 4 aromatic rings. The number of carbonyl (C=O) groups excluding carboxylic acids is 2. The number of pyridine rings is 1. The topological polar surface area (TPSA) is 99.8 Å². The number of halogens is 5. The molecule has 2 heterocycles. The van der Waals surface area contributed by atoms with Crippen molar-refractivity contribution in [1.82, 2.24) is 15.0 Å². The van der Waals surface area contributed by atoms with E-state index in [1.54, 1.807) is 12.1 Å². The highest BCUT2D eigenvalue weighted by Crippen LogP contribution is 2.32. The maximum absolute atomic E-state index is 13.3. The van der Waals surface area contributed by atoms with Gasteiger partial charge in [-0.05, 0) is 54.6 Å². The number of nitrogens with one attached hydrogen (secondary N) is 3. The lowest BCUT2D eigenvalue weighted by atomic mass is 10.1. The van der Waals surface area contributed by atoms with Crippen molar-refractivity contribution >= 4 is 34.8 Å². The van der Waals surface area contributed by atoms with Crippen molar-refractivity contribution in [1.29, 1.82) is 0 Å². The minimum absolute atomic E-state index is 0.00471. The van der Waals surface area contributed by atoms with E-state index in [0.717, 1.165) is 12.1 Å². The molecule has 0 bridgehead atoms. The summed E-state index contributed by atoms with van der Waals surface area (Å²) < 4.78 is 53.1. The minimum Gasteiger partial charge on any atom is -0.334 e. The maximum atomic E-state index is 13.3. The molecule has 2 aromatic carbocycles. The van der Waals surface area contributed by atoms with E-state index in [0.29, 0.717) is 5.69 Å². The number of rotatable bonds is 5. The van der Waals surface area contributed by atoms with Gasteiger partial charge >= 0.3 is 6.18 Å². The van der Waals surface area contributed by atoms with Gasteiger partial charge in [-0.25, -0.2) is 9.37 Å². The van der Waals surface area contributed by atoms with Crippen LogP contribution in [-0.2, 0) is 6.18 Å². The fourth-order valence-corrected chi connectivity index (χ4v) is 3.30. The minimum atomic E-state index is -4.86. The van der Waals surface area contributed by atoms with Crippen LogP contribution in [0.4, 0.5) is 28.9 Å². The van der Waals surface area contributed by atoms with E-state index in [1.807, 2.05) is 0 Å². The Morgan fingerprint density at radius 2 is 1.66 bits per heavy atom. The number of nitrogens with zero attached hydrogens (tertiary/aromatic N) is 2. The molecule has 0 aliphatic rings. The number of benzene rings is 2. The first-order valence-corrected chi connectivity index (χ1v) is 10.2. The molecule has 4 rings (SSSR count). The van der Waals surface area contributed by atoms with Crippen molar-refractivity contribution in [2.24, 2.45) is 0 Å². The van der Waals surface area contributed by atoms with Gasteiger partial charge in [0, 0.05) is 17.4 Å². The molecule has 12 heteroatoms. The number of alkyl halides is 3. The molecular weight excluding hydrogens is 490 g/mol. The lowest BCUT2D eigenvalue weighted by Crippen LogP contribution is -2.16. The third-order valence-electron chi connectivity index (χ3n) is 4.71. The van der Waals surface area contributed by atoms with Gasteiger partial charge < -0.3 is 15.6 Å². The number of aromatic amines is 1. The van der Waals surface area contributed by atoms with E-state index in [1.165, 1.54) is 42.7 Å². The zero-order valence-electron chi connectivity index (χ0n) is 17.5. The van der Waals surface area contributed by atoms with Crippen LogP contribution in [0.3, 0.4) is 0 Å². The molecule has 0 fully saturated rings. The Morgan fingerprint density at radius 3 is 2.31 bits per heavy atom. The van der Waals surface area contributed by atoms with Gasteiger partial charge in [0.25, 0.3) is 11.8 Å². The lowest BCUT2D eigenvalue weighted by molar-refractivity contribution is -0.144. The van der Waals surface area contributed by atoms with Crippen molar-refractivity contribution in [2.75, 3.05) is 10.6 Å². The van der Waals surface area contributed by atoms with E-state index < -0.39 is 35.3 Å². The molecule has 35 heavy (non-hydrogen) atoms. The smallest absolute Gasteiger partial charge is 0.334 e. The first-order valence-electron chi connectivity index (χ1n) is 9.87. The zero-order chi connectivity index (χ0) is 25.2. The second-order valence-corrected chi connectivity index (χ2v) is 7.57. The van der Waals surface area contributed by atoms with Crippen LogP contribution < -0.4 is 10.6 Å². The third kappa shape index (κ3) is 5.46. The lowest BCUT2D eigenvalue weighted by Gasteiger charge is -2.10. The van der Waals surface area contributed by atoms with Gasteiger partial charge in [-0.2, -0.15) is 13.2 Å². The van der Waals surface area contributed by atoms with Crippen LogP contribution in [0, 0.1) is 5.82 Å². The van der Waals surface area contributed by atoms with Gasteiger partial charge in [-0.1, -0.05) is 11.6 Å². The maximum Gasteiger partial charge on any atom is 0.449 e. The van der Waals surface area contributed by atoms with Crippen LogP contribution in [0.1, 0.15) is 26.7 Å². The quantitative estimate of drug-likeness (QED) is 0.300. The number of aromatic nitrogens is 3. The predicted molar refractivity (Wildman–Crippen MR) is 121 cm³/mol. The fourth-order valence-electron chi connectivity index (χ4n) is 3.10. The molecule has 7 nitrogen and oxygen atoms in total. The monoisotopic (exact) mass is 503 g/mol. The number of H-pyrrole nitrogens is 1. The Balaban J connectivity index is 1.63. The van der Waals surface area contributed by atoms with E-state index >= 15 is 0 Å². The summed E-state index contributed by atoms with van der Waals surface area (Å²) in [7, 11) is 0.